The van der Waals surface area contributed by atoms with Gasteiger partial charge in [-0.3, -0.25) is 15.6 Å². The predicted octanol–water partition coefficient (Wildman–Crippen LogP) is 3.06. The summed E-state index contributed by atoms with van der Waals surface area (Å²) in [6.07, 6.45) is 0.860. The lowest BCUT2D eigenvalue weighted by atomic mass is 10.2. The van der Waals surface area contributed by atoms with Crippen molar-refractivity contribution in [3.05, 3.63) is 54.1 Å². The molecule has 0 saturated heterocycles. The van der Waals surface area contributed by atoms with Crippen molar-refractivity contribution in [1.29, 1.82) is 0 Å². The average molecular weight is 376 g/mol. The van der Waals surface area contributed by atoms with Crippen LogP contribution in [0, 0.1) is 0 Å². The maximum atomic E-state index is 12.5. The number of aryl methyl sites for hydroxylation is 1. The average Bonchev–Trinajstić information content (AvgIpc) is 3.03. The van der Waals surface area contributed by atoms with Crippen LogP contribution in [0.5, 0.6) is 5.75 Å². The second kappa shape index (κ2) is 7.51. The molecule has 0 spiro atoms. The third-order valence-electron chi connectivity index (χ3n) is 4.39. The van der Waals surface area contributed by atoms with Gasteiger partial charge in [0, 0.05) is 12.4 Å². The monoisotopic (exact) mass is 376 g/mol. The molecule has 0 aliphatic carbocycles. The standard InChI is InChI=1S/C20H20N6O2/c1-3-12-28-16-11-7-5-9-14(16)19(27)23-25-20-21-18-17(22-24-20)13-8-4-6-10-15(13)26(18)2/h4-11H,3,12H2,1-2H3,(H,23,27)(H,21,24,25). The predicted molar refractivity (Wildman–Crippen MR) is 107 cm³/mol. The molecule has 0 unspecified atom stereocenters. The highest BCUT2D eigenvalue weighted by Crippen LogP contribution is 2.24. The smallest absolute Gasteiger partial charge is 0.273 e. The van der Waals surface area contributed by atoms with E-state index in [4.69, 9.17) is 4.74 Å². The summed E-state index contributed by atoms with van der Waals surface area (Å²) in [6.45, 7) is 2.56. The SMILES string of the molecule is CCCOc1ccccc1C(=O)NNc1nnc2c3ccccc3n(C)c2n1. The molecule has 2 N–H and O–H groups in total. The number of aromatic nitrogens is 4. The van der Waals surface area contributed by atoms with Crippen LogP contribution in [0.4, 0.5) is 5.95 Å². The van der Waals surface area contributed by atoms with Crippen molar-refractivity contribution in [2.45, 2.75) is 13.3 Å². The summed E-state index contributed by atoms with van der Waals surface area (Å²) in [7, 11) is 1.92. The molecule has 0 radical (unpaired) electrons. The van der Waals surface area contributed by atoms with Crippen molar-refractivity contribution in [3.63, 3.8) is 0 Å². The highest BCUT2D eigenvalue weighted by molar-refractivity contribution is 6.04. The van der Waals surface area contributed by atoms with E-state index in [-0.39, 0.29) is 11.9 Å². The number of nitrogens with one attached hydrogen (secondary N) is 2. The van der Waals surface area contributed by atoms with Crippen molar-refractivity contribution in [2.24, 2.45) is 7.05 Å². The number of nitrogens with zero attached hydrogens (tertiary/aromatic N) is 4. The van der Waals surface area contributed by atoms with Crippen molar-refractivity contribution >= 4 is 33.9 Å². The molecule has 4 rings (SSSR count). The van der Waals surface area contributed by atoms with Crippen LogP contribution in [-0.4, -0.2) is 32.3 Å². The number of amides is 1. The summed E-state index contributed by atoms with van der Waals surface area (Å²) in [6, 6.07) is 15.0. The van der Waals surface area contributed by atoms with Gasteiger partial charge in [-0.1, -0.05) is 37.3 Å². The summed E-state index contributed by atoms with van der Waals surface area (Å²) in [5.41, 5.74) is 8.19. The second-order valence-electron chi connectivity index (χ2n) is 6.31. The Bertz CT molecular complexity index is 1150. The number of hydrogen-bond acceptors (Lipinski definition) is 6. The molecule has 4 aromatic rings. The number of carbonyl (C=O) groups is 1. The Kier molecular flexibility index (Phi) is 4.76. The zero-order valence-corrected chi connectivity index (χ0v) is 15.6. The van der Waals surface area contributed by atoms with Gasteiger partial charge in [0.25, 0.3) is 11.9 Å². The summed E-state index contributed by atoms with van der Waals surface area (Å²) in [5.74, 6) is 0.401. The first-order valence-corrected chi connectivity index (χ1v) is 9.05. The topological polar surface area (TPSA) is 94.0 Å². The first-order valence-electron chi connectivity index (χ1n) is 9.05. The second-order valence-corrected chi connectivity index (χ2v) is 6.31. The number of para-hydroxylation sites is 2. The Labute approximate surface area is 161 Å². The van der Waals surface area contributed by atoms with Gasteiger partial charge in [-0.25, -0.2) is 0 Å². The Hall–Kier alpha value is -3.68. The molecule has 0 atom stereocenters. The lowest BCUT2D eigenvalue weighted by Gasteiger charge is -2.11. The van der Waals surface area contributed by atoms with Crippen LogP contribution >= 0.6 is 0 Å². The first-order chi connectivity index (χ1) is 13.7. The van der Waals surface area contributed by atoms with E-state index in [0.29, 0.717) is 29.1 Å². The molecule has 2 aromatic carbocycles. The van der Waals surface area contributed by atoms with Crippen LogP contribution in [-0.2, 0) is 7.05 Å². The van der Waals surface area contributed by atoms with Gasteiger partial charge < -0.3 is 9.30 Å². The van der Waals surface area contributed by atoms with Gasteiger partial charge in [0.1, 0.15) is 11.3 Å². The maximum absolute atomic E-state index is 12.5. The minimum atomic E-state index is -0.340. The van der Waals surface area contributed by atoms with Crippen LogP contribution in [0.15, 0.2) is 48.5 Å². The molecular formula is C20H20N6O2. The van der Waals surface area contributed by atoms with Gasteiger partial charge >= 0.3 is 0 Å². The molecule has 1 amide bonds. The summed E-state index contributed by atoms with van der Waals surface area (Å²) >= 11 is 0. The van der Waals surface area contributed by atoms with Crippen molar-refractivity contribution in [1.82, 2.24) is 25.2 Å². The highest BCUT2D eigenvalue weighted by Gasteiger charge is 2.14. The van der Waals surface area contributed by atoms with Crippen LogP contribution in [0.2, 0.25) is 0 Å². The number of carbonyl (C=O) groups excluding carboxylic acids is 1. The Balaban J connectivity index is 1.55. The minimum absolute atomic E-state index is 0.207. The zero-order chi connectivity index (χ0) is 19.5. The van der Waals surface area contributed by atoms with E-state index in [1.807, 2.05) is 48.9 Å². The minimum Gasteiger partial charge on any atom is -0.493 e. The van der Waals surface area contributed by atoms with Crippen LogP contribution in [0.3, 0.4) is 0 Å². The number of hydrazine groups is 1. The molecule has 8 heteroatoms. The quantitative estimate of drug-likeness (QED) is 0.502. The molecule has 0 saturated carbocycles. The van der Waals surface area contributed by atoms with Gasteiger partial charge in [0.2, 0.25) is 0 Å². The van der Waals surface area contributed by atoms with Crippen molar-refractivity contribution < 1.29 is 9.53 Å². The van der Waals surface area contributed by atoms with E-state index >= 15 is 0 Å². The Morgan fingerprint density at radius 3 is 2.75 bits per heavy atom. The first kappa shape index (κ1) is 17.7. The Morgan fingerprint density at radius 1 is 1.11 bits per heavy atom. The number of benzene rings is 2. The number of rotatable bonds is 6. The molecule has 0 aliphatic rings. The highest BCUT2D eigenvalue weighted by atomic mass is 16.5. The van der Waals surface area contributed by atoms with E-state index in [0.717, 1.165) is 17.3 Å². The number of anilines is 1. The van der Waals surface area contributed by atoms with Gasteiger partial charge in [-0.15, -0.1) is 10.2 Å². The van der Waals surface area contributed by atoms with Crippen LogP contribution in [0.25, 0.3) is 22.1 Å². The van der Waals surface area contributed by atoms with Crippen LogP contribution in [0.1, 0.15) is 23.7 Å². The lowest BCUT2D eigenvalue weighted by molar-refractivity contribution is 0.0958. The molecule has 8 nitrogen and oxygen atoms in total. The number of ether oxygens (including phenoxy) is 1. The largest absolute Gasteiger partial charge is 0.493 e. The van der Waals surface area contributed by atoms with Gasteiger partial charge in [0.05, 0.1) is 17.7 Å². The molecule has 0 fully saturated rings. The molecular weight excluding hydrogens is 356 g/mol. The fraction of sp³-hybridized carbons (Fsp3) is 0.200. The molecule has 142 valence electrons. The van der Waals surface area contributed by atoms with E-state index in [2.05, 4.69) is 26.0 Å². The van der Waals surface area contributed by atoms with Crippen LogP contribution < -0.4 is 15.6 Å². The van der Waals surface area contributed by atoms with E-state index < -0.39 is 0 Å². The number of hydrogen-bond donors (Lipinski definition) is 2. The third kappa shape index (κ3) is 3.20. The summed E-state index contributed by atoms with van der Waals surface area (Å²) < 4.78 is 7.58. The fourth-order valence-corrected chi connectivity index (χ4v) is 3.03. The fourth-order valence-electron chi connectivity index (χ4n) is 3.03. The van der Waals surface area contributed by atoms with E-state index in [1.54, 1.807) is 18.2 Å². The molecule has 0 aliphatic heterocycles. The normalized spacial score (nSPS) is 10.9. The summed E-state index contributed by atoms with van der Waals surface area (Å²) in [4.78, 5) is 17.0. The van der Waals surface area contributed by atoms with Gasteiger partial charge in [-0.05, 0) is 24.6 Å². The van der Waals surface area contributed by atoms with E-state index in [9.17, 15) is 4.79 Å². The molecule has 2 aromatic heterocycles. The van der Waals surface area contributed by atoms with E-state index in [1.165, 1.54) is 0 Å². The lowest BCUT2D eigenvalue weighted by Crippen LogP contribution is -2.30. The van der Waals surface area contributed by atoms with Crippen molar-refractivity contribution in [2.75, 3.05) is 12.0 Å². The maximum Gasteiger partial charge on any atom is 0.273 e. The van der Waals surface area contributed by atoms with Gasteiger partial charge in [-0.2, -0.15) is 4.98 Å². The third-order valence-corrected chi connectivity index (χ3v) is 4.39. The zero-order valence-electron chi connectivity index (χ0n) is 15.6. The van der Waals surface area contributed by atoms with Gasteiger partial charge in [0.15, 0.2) is 5.65 Å². The Morgan fingerprint density at radius 2 is 1.89 bits per heavy atom. The molecule has 28 heavy (non-hydrogen) atoms. The van der Waals surface area contributed by atoms with Crippen molar-refractivity contribution in [3.8, 4) is 5.75 Å². The molecule has 2 heterocycles. The number of fused-ring (bicyclic) bond motifs is 3. The summed E-state index contributed by atoms with van der Waals surface area (Å²) in [5, 5.41) is 9.33. The molecule has 0 bridgehead atoms.